The largest absolute Gasteiger partial charge is 0.494 e. The number of pyridine rings is 1. The van der Waals surface area contributed by atoms with Gasteiger partial charge in [0.15, 0.2) is 0 Å². The van der Waals surface area contributed by atoms with Crippen molar-refractivity contribution in [3.05, 3.63) is 99.3 Å². The van der Waals surface area contributed by atoms with Crippen LogP contribution in [0.3, 0.4) is 0 Å². The molecule has 1 aromatic heterocycles. The molecular formula is C25H22ClN3O5S. The normalized spacial score (nSPS) is 11.3. The average Bonchev–Trinajstić information content (AvgIpc) is 2.84. The van der Waals surface area contributed by atoms with E-state index in [-0.39, 0.29) is 22.4 Å². The van der Waals surface area contributed by atoms with E-state index >= 15 is 0 Å². The summed E-state index contributed by atoms with van der Waals surface area (Å²) in [6, 6.07) is 17.6. The van der Waals surface area contributed by atoms with Crippen molar-refractivity contribution >= 4 is 44.1 Å². The predicted octanol–water partition coefficient (Wildman–Crippen LogP) is 4.31. The highest BCUT2D eigenvalue weighted by atomic mass is 35.5. The smallest absolute Gasteiger partial charge is 0.261 e. The molecule has 0 fully saturated rings. The van der Waals surface area contributed by atoms with Crippen LogP contribution in [0.2, 0.25) is 5.02 Å². The Bertz CT molecular complexity index is 1550. The highest BCUT2D eigenvalue weighted by Gasteiger charge is 2.18. The topological polar surface area (TPSA) is 117 Å². The summed E-state index contributed by atoms with van der Waals surface area (Å²) in [6.07, 6.45) is 1.30. The lowest BCUT2D eigenvalue weighted by molar-refractivity contribution is 0.0949. The molecule has 3 N–H and O–H groups in total. The highest BCUT2D eigenvalue weighted by molar-refractivity contribution is 7.92. The minimum atomic E-state index is -3.99. The number of rotatable bonds is 8. The zero-order valence-electron chi connectivity index (χ0n) is 18.7. The molecule has 1 heterocycles. The van der Waals surface area contributed by atoms with Gasteiger partial charge in [-0.15, -0.1) is 0 Å². The van der Waals surface area contributed by atoms with Gasteiger partial charge in [0.25, 0.3) is 15.9 Å². The Balaban J connectivity index is 1.59. The number of amides is 1. The number of benzene rings is 3. The third-order valence-electron chi connectivity index (χ3n) is 5.22. The maximum Gasteiger partial charge on any atom is 0.261 e. The van der Waals surface area contributed by atoms with Gasteiger partial charge in [-0.2, -0.15) is 0 Å². The second-order valence-electron chi connectivity index (χ2n) is 7.58. The SMILES string of the molecule is CCOc1ccc(NS(=O)(=O)c2ccc3[nH]cc(C(=O)NCc4ccccc4Cl)c(=O)c3c2)cc1. The standard InChI is InChI=1S/C25H22ClN3O5S/c1-2-34-18-9-7-17(8-10-18)29-35(32,33)19-11-12-23-20(13-19)24(30)21(15-27-23)25(31)28-14-16-5-3-4-6-22(16)26/h3-13,15,29H,2,14H2,1H3,(H,27,30)(H,28,31). The van der Waals surface area contributed by atoms with Crippen molar-refractivity contribution in [1.29, 1.82) is 0 Å². The summed E-state index contributed by atoms with van der Waals surface area (Å²) in [5, 5.41) is 3.24. The van der Waals surface area contributed by atoms with Crippen LogP contribution in [0.25, 0.3) is 10.9 Å². The number of halogens is 1. The summed E-state index contributed by atoms with van der Waals surface area (Å²) in [5.41, 5.74) is 0.716. The zero-order valence-corrected chi connectivity index (χ0v) is 20.2. The molecule has 35 heavy (non-hydrogen) atoms. The minimum Gasteiger partial charge on any atom is -0.494 e. The fourth-order valence-electron chi connectivity index (χ4n) is 3.45. The van der Waals surface area contributed by atoms with Gasteiger partial charge in [-0.1, -0.05) is 29.8 Å². The van der Waals surface area contributed by atoms with E-state index in [1.165, 1.54) is 24.4 Å². The Labute approximate surface area is 207 Å². The van der Waals surface area contributed by atoms with Gasteiger partial charge in [0.1, 0.15) is 11.3 Å². The van der Waals surface area contributed by atoms with E-state index in [0.29, 0.717) is 34.1 Å². The predicted molar refractivity (Wildman–Crippen MR) is 136 cm³/mol. The highest BCUT2D eigenvalue weighted by Crippen LogP contribution is 2.21. The second-order valence-corrected chi connectivity index (χ2v) is 9.67. The first-order chi connectivity index (χ1) is 16.8. The number of anilines is 1. The number of ether oxygens (including phenoxy) is 1. The quantitative estimate of drug-likeness (QED) is 0.326. The molecular weight excluding hydrogens is 490 g/mol. The summed E-state index contributed by atoms with van der Waals surface area (Å²) < 4.78 is 33.7. The lowest BCUT2D eigenvalue weighted by Gasteiger charge is -2.11. The van der Waals surface area contributed by atoms with E-state index in [1.807, 2.05) is 6.92 Å². The van der Waals surface area contributed by atoms with Crippen molar-refractivity contribution in [2.75, 3.05) is 11.3 Å². The van der Waals surface area contributed by atoms with Gasteiger partial charge in [0, 0.05) is 34.4 Å². The number of sulfonamides is 1. The van der Waals surface area contributed by atoms with Crippen molar-refractivity contribution in [2.24, 2.45) is 0 Å². The molecule has 0 saturated heterocycles. The van der Waals surface area contributed by atoms with Crippen LogP contribution in [0.4, 0.5) is 5.69 Å². The molecule has 4 aromatic rings. The third kappa shape index (κ3) is 5.47. The summed E-state index contributed by atoms with van der Waals surface area (Å²) >= 11 is 6.11. The number of carbonyl (C=O) groups excluding carboxylic acids is 1. The van der Waals surface area contributed by atoms with E-state index in [4.69, 9.17) is 16.3 Å². The lowest BCUT2D eigenvalue weighted by atomic mass is 10.1. The van der Waals surface area contributed by atoms with Gasteiger partial charge in [0.05, 0.1) is 11.5 Å². The monoisotopic (exact) mass is 511 g/mol. The number of hydrogen-bond donors (Lipinski definition) is 3. The van der Waals surface area contributed by atoms with Crippen molar-refractivity contribution in [3.63, 3.8) is 0 Å². The summed E-state index contributed by atoms with van der Waals surface area (Å²) in [7, 11) is -3.99. The van der Waals surface area contributed by atoms with E-state index in [9.17, 15) is 18.0 Å². The van der Waals surface area contributed by atoms with E-state index in [2.05, 4.69) is 15.0 Å². The Hall–Kier alpha value is -3.82. The Morgan fingerprint density at radius 2 is 1.80 bits per heavy atom. The molecule has 0 bridgehead atoms. The molecule has 0 spiro atoms. The first-order valence-corrected chi connectivity index (χ1v) is 12.6. The van der Waals surface area contributed by atoms with Crippen LogP contribution in [-0.2, 0) is 16.6 Å². The van der Waals surface area contributed by atoms with Crippen molar-refractivity contribution in [2.45, 2.75) is 18.4 Å². The van der Waals surface area contributed by atoms with E-state index in [1.54, 1.807) is 48.5 Å². The Morgan fingerprint density at radius 3 is 2.51 bits per heavy atom. The molecule has 3 aromatic carbocycles. The van der Waals surface area contributed by atoms with Crippen LogP contribution in [0.5, 0.6) is 5.75 Å². The fourth-order valence-corrected chi connectivity index (χ4v) is 4.73. The van der Waals surface area contributed by atoms with Crippen LogP contribution >= 0.6 is 11.6 Å². The number of H-pyrrole nitrogens is 1. The molecule has 0 aliphatic carbocycles. The van der Waals surface area contributed by atoms with Gasteiger partial charge in [-0.25, -0.2) is 8.42 Å². The molecule has 0 saturated carbocycles. The fraction of sp³-hybridized carbons (Fsp3) is 0.120. The Kier molecular flexibility index (Phi) is 7.09. The molecule has 0 aliphatic heterocycles. The van der Waals surface area contributed by atoms with Crippen molar-refractivity contribution in [3.8, 4) is 5.75 Å². The zero-order chi connectivity index (χ0) is 25.0. The van der Waals surface area contributed by atoms with Gasteiger partial charge < -0.3 is 15.0 Å². The molecule has 0 atom stereocenters. The van der Waals surface area contributed by atoms with E-state index in [0.717, 1.165) is 0 Å². The van der Waals surface area contributed by atoms with Crippen molar-refractivity contribution in [1.82, 2.24) is 10.3 Å². The molecule has 0 aliphatic rings. The molecule has 180 valence electrons. The second kappa shape index (κ2) is 10.2. The first-order valence-electron chi connectivity index (χ1n) is 10.7. The number of carbonyl (C=O) groups is 1. The number of aromatic nitrogens is 1. The molecule has 0 radical (unpaired) electrons. The third-order valence-corrected chi connectivity index (χ3v) is 6.97. The molecule has 1 amide bonds. The van der Waals surface area contributed by atoms with Gasteiger partial charge in [0.2, 0.25) is 5.43 Å². The van der Waals surface area contributed by atoms with Gasteiger partial charge >= 0.3 is 0 Å². The summed E-state index contributed by atoms with van der Waals surface area (Å²) in [6.45, 7) is 2.49. The maximum absolute atomic E-state index is 13.0. The summed E-state index contributed by atoms with van der Waals surface area (Å²) in [5.74, 6) is 0.0156. The molecule has 4 rings (SSSR count). The number of hydrogen-bond acceptors (Lipinski definition) is 5. The van der Waals surface area contributed by atoms with Crippen LogP contribution in [0.1, 0.15) is 22.8 Å². The van der Waals surface area contributed by atoms with Crippen molar-refractivity contribution < 1.29 is 17.9 Å². The maximum atomic E-state index is 13.0. The van der Waals surface area contributed by atoms with E-state index < -0.39 is 21.4 Å². The van der Waals surface area contributed by atoms with Crippen LogP contribution in [-0.4, -0.2) is 25.9 Å². The molecule has 0 unspecified atom stereocenters. The Morgan fingerprint density at radius 1 is 1.06 bits per heavy atom. The number of aromatic amines is 1. The van der Waals surface area contributed by atoms with Crippen LogP contribution in [0.15, 0.2) is 82.6 Å². The van der Waals surface area contributed by atoms with Gasteiger partial charge in [-0.3, -0.25) is 14.3 Å². The first kappa shape index (κ1) is 24.3. The number of nitrogens with one attached hydrogen (secondary N) is 3. The average molecular weight is 512 g/mol. The minimum absolute atomic E-state index is 0.0740. The molecule has 10 heteroatoms. The summed E-state index contributed by atoms with van der Waals surface area (Å²) in [4.78, 5) is 28.5. The van der Waals surface area contributed by atoms with Gasteiger partial charge in [-0.05, 0) is 61.0 Å². The number of fused-ring (bicyclic) bond motifs is 1. The van der Waals surface area contributed by atoms with Crippen LogP contribution < -0.4 is 20.2 Å². The molecule has 8 nitrogen and oxygen atoms in total. The van der Waals surface area contributed by atoms with Crippen LogP contribution in [0, 0.1) is 0 Å². The lowest BCUT2D eigenvalue weighted by Crippen LogP contribution is -2.28.